The molecule has 0 aromatic carbocycles. The summed E-state index contributed by atoms with van der Waals surface area (Å²) >= 11 is 5.36. The molecule has 0 fully saturated rings. The maximum Gasteiger partial charge on any atom is 0.0336 e. The van der Waals surface area contributed by atoms with Gasteiger partial charge >= 0.3 is 0 Å². The van der Waals surface area contributed by atoms with Crippen molar-refractivity contribution >= 4 is 27.3 Å². The quantitative estimate of drug-likeness (QED) is 0.816. The zero-order valence-corrected chi connectivity index (χ0v) is 11.4. The fourth-order valence-electron chi connectivity index (χ4n) is 1.13. The molecule has 80 valence electrons. The molecule has 0 radical (unpaired) electrons. The Bertz CT molecular complexity index is 273. The number of rotatable bonds is 5. The second-order valence-electron chi connectivity index (χ2n) is 3.73. The molecule has 0 aliphatic rings. The van der Waals surface area contributed by atoms with Crippen molar-refractivity contribution < 1.29 is 0 Å². The Labute approximate surface area is 98.6 Å². The van der Waals surface area contributed by atoms with E-state index < -0.39 is 0 Å². The standard InChI is InChI=1S/C10H17BrN2S/c1-12(2)5-6-13(3)8-10-9(11)4-7-14-10/h4,7H,5-6,8H2,1-3H3. The first-order valence-electron chi connectivity index (χ1n) is 4.64. The van der Waals surface area contributed by atoms with Crippen LogP contribution in [0, 0.1) is 0 Å². The molecule has 0 saturated heterocycles. The van der Waals surface area contributed by atoms with Gasteiger partial charge in [0.05, 0.1) is 0 Å². The minimum Gasteiger partial charge on any atom is -0.308 e. The molecule has 4 heteroatoms. The van der Waals surface area contributed by atoms with Gasteiger partial charge in [-0.15, -0.1) is 11.3 Å². The van der Waals surface area contributed by atoms with Crippen LogP contribution in [0.1, 0.15) is 4.88 Å². The monoisotopic (exact) mass is 276 g/mol. The molecule has 0 atom stereocenters. The van der Waals surface area contributed by atoms with Gasteiger partial charge in [0, 0.05) is 29.0 Å². The first-order chi connectivity index (χ1) is 6.59. The Kier molecular flexibility index (Phi) is 5.09. The van der Waals surface area contributed by atoms with Crippen LogP contribution in [-0.4, -0.2) is 44.0 Å². The van der Waals surface area contributed by atoms with E-state index in [0.717, 1.165) is 19.6 Å². The fraction of sp³-hybridized carbons (Fsp3) is 0.600. The van der Waals surface area contributed by atoms with Crippen LogP contribution in [0.2, 0.25) is 0 Å². The van der Waals surface area contributed by atoms with E-state index in [1.165, 1.54) is 9.35 Å². The normalized spacial score (nSPS) is 11.6. The zero-order chi connectivity index (χ0) is 10.6. The van der Waals surface area contributed by atoms with Crippen molar-refractivity contribution in [2.45, 2.75) is 6.54 Å². The third kappa shape index (κ3) is 4.09. The smallest absolute Gasteiger partial charge is 0.0336 e. The van der Waals surface area contributed by atoms with Gasteiger partial charge in [-0.2, -0.15) is 0 Å². The van der Waals surface area contributed by atoms with Crippen LogP contribution in [0.3, 0.4) is 0 Å². The van der Waals surface area contributed by atoms with Crippen LogP contribution in [0.4, 0.5) is 0 Å². The molecular formula is C10H17BrN2S. The van der Waals surface area contributed by atoms with Gasteiger partial charge < -0.3 is 4.90 Å². The molecule has 14 heavy (non-hydrogen) atoms. The van der Waals surface area contributed by atoms with Crippen molar-refractivity contribution in [2.24, 2.45) is 0 Å². The first-order valence-corrected chi connectivity index (χ1v) is 6.32. The largest absolute Gasteiger partial charge is 0.308 e. The third-order valence-corrected chi connectivity index (χ3v) is 3.94. The second-order valence-corrected chi connectivity index (χ2v) is 5.59. The van der Waals surface area contributed by atoms with E-state index in [9.17, 15) is 0 Å². The van der Waals surface area contributed by atoms with E-state index in [-0.39, 0.29) is 0 Å². The Morgan fingerprint density at radius 1 is 1.29 bits per heavy atom. The Hall–Kier alpha value is 0.100. The van der Waals surface area contributed by atoms with Crippen molar-refractivity contribution in [3.05, 3.63) is 20.8 Å². The molecule has 1 rings (SSSR count). The van der Waals surface area contributed by atoms with E-state index in [2.05, 4.69) is 58.3 Å². The van der Waals surface area contributed by atoms with Gasteiger partial charge in [-0.1, -0.05) is 0 Å². The van der Waals surface area contributed by atoms with Crippen LogP contribution < -0.4 is 0 Å². The number of nitrogens with zero attached hydrogens (tertiary/aromatic N) is 2. The fourth-order valence-corrected chi connectivity index (χ4v) is 2.69. The highest BCUT2D eigenvalue weighted by atomic mass is 79.9. The number of hydrogen-bond acceptors (Lipinski definition) is 3. The Balaban J connectivity index is 2.34. The maximum atomic E-state index is 3.55. The molecule has 0 bridgehead atoms. The lowest BCUT2D eigenvalue weighted by atomic mass is 10.4. The van der Waals surface area contributed by atoms with Gasteiger partial charge in [-0.3, -0.25) is 4.90 Å². The van der Waals surface area contributed by atoms with Gasteiger partial charge in [0.2, 0.25) is 0 Å². The number of hydrogen-bond donors (Lipinski definition) is 0. The van der Waals surface area contributed by atoms with E-state index >= 15 is 0 Å². The minimum atomic E-state index is 1.03. The molecule has 0 aliphatic heterocycles. The summed E-state index contributed by atoms with van der Waals surface area (Å²) in [6, 6.07) is 2.11. The average molecular weight is 277 g/mol. The van der Waals surface area contributed by atoms with Gasteiger partial charge in [-0.05, 0) is 48.5 Å². The van der Waals surface area contributed by atoms with Crippen molar-refractivity contribution in [3.8, 4) is 0 Å². The predicted octanol–water partition coefficient (Wildman–Crippen LogP) is 2.50. The van der Waals surface area contributed by atoms with Crippen LogP contribution in [0.25, 0.3) is 0 Å². The lowest BCUT2D eigenvalue weighted by Gasteiger charge is -2.18. The number of halogens is 1. The summed E-state index contributed by atoms with van der Waals surface area (Å²) in [7, 11) is 6.37. The summed E-state index contributed by atoms with van der Waals surface area (Å²) < 4.78 is 1.24. The van der Waals surface area contributed by atoms with Crippen LogP contribution in [0.5, 0.6) is 0 Å². The molecule has 2 nitrogen and oxygen atoms in total. The van der Waals surface area contributed by atoms with E-state index in [4.69, 9.17) is 0 Å². The van der Waals surface area contributed by atoms with Crippen LogP contribution in [0.15, 0.2) is 15.9 Å². The maximum absolute atomic E-state index is 3.55. The SMILES string of the molecule is CN(C)CCN(C)Cc1sccc1Br. The second kappa shape index (κ2) is 5.85. The summed E-state index contributed by atoms with van der Waals surface area (Å²) in [5.74, 6) is 0. The summed E-state index contributed by atoms with van der Waals surface area (Å²) in [5, 5.41) is 2.12. The Morgan fingerprint density at radius 3 is 2.50 bits per heavy atom. The highest BCUT2D eigenvalue weighted by molar-refractivity contribution is 9.10. The van der Waals surface area contributed by atoms with Crippen molar-refractivity contribution in [1.29, 1.82) is 0 Å². The lowest BCUT2D eigenvalue weighted by Crippen LogP contribution is -2.28. The summed E-state index contributed by atoms with van der Waals surface area (Å²) in [6.07, 6.45) is 0. The predicted molar refractivity (Wildman–Crippen MR) is 66.9 cm³/mol. The topological polar surface area (TPSA) is 6.48 Å². The highest BCUT2D eigenvalue weighted by Crippen LogP contribution is 2.23. The van der Waals surface area contributed by atoms with Gasteiger partial charge in [0.15, 0.2) is 0 Å². The van der Waals surface area contributed by atoms with Crippen LogP contribution >= 0.6 is 27.3 Å². The number of likely N-dealkylation sites (N-methyl/N-ethyl adjacent to an activating group) is 2. The van der Waals surface area contributed by atoms with Crippen molar-refractivity contribution in [2.75, 3.05) is 34.2 Å². The van der Waals surface area contributed by atoms with Gasteiger partial charge in [-0.25, -0.2) is 0 Å². The highest BCUT2D eigenvalue weighted by Gasteiger charge is 2.05. The average Bonchev–Trinajstić information content (AvgIpc) is 2.49. The third-order valence-electron chi connectivity index (χ3n) is 2.03. The molecule has 0 aliphatic carbocycles. The minimum absolute atomic E-state index is 1.03. The molecule has 0 saturated carbocycles. The van der Waals surface area contributed by atoms with Crippen molar-refractivity contribution in [3.63, 3.8) is 0 Å². The van der Waals surface area contributed by atoms with Gasteiger partial charge in [0.25, 0.3) is 0 Å². The zero-order valence-electron chi connectivity index (χ0n) is 8.96. The molecule has 0 spiro atoms. The van der Waals surface area contributed by atoms with E-state index in [1.807, 2.05) is 11.3 Å². The molecule has 1 aromatic rings. The molecule has 0 unspecified atom stereocenters. The lowest BCUT2D eigenvalue weighted by molar-refractivity contribution is 0.278. The molecular weight excluding hydrogens is 260 g/mol. The molecule has 0 N–H and O–H groups in total. The van der Waals surface area contributed by atoms with Crippen molar-refractivity contribution in [1.82, 2.24) is 9.80 Å². The van der Waals surface area contributed by atoms with Gasteiger partial charge in [0.1, 0.15) is 0 Å². The molecule has 1 heterocycles. The summed E-state index contributed by atoms with van der Waals surface area (Å²) in [6.45, 7) is 3.25. The Morgan fingerprint density at radius 2 is 2.00 bits per heavy atom. The molecule has 0 amide bonds. The van der Waals surface area contributed by atoms with E-state index in [1.54, 1.807) is 0 Å². The summed E-state index contributed by atoms with van der Waals surface area (Å²) in [4.78, 5) is 5.96. The number of thiophene rings is 1. The van der Waals surface area contributed by atoms with E-state index in [0.29, 0.717) is 0 Å². The molecule has 1 aromatic heterocycles. The first kappa shape index (κ1) is 12.2. The van der Waals surface area contributed by atoms with Crippen LogP contribution in [-0.2, 0) is 6.54 Å². The summed E-state index contributed by atoms with van der Waals surface area (Å²) in [5.41, 5.74) is 0.